The molecule has 9 heteroatoms. The molecule has 4 aliphatic rings. The zero-order valence-electron chi connectivity index (χ0n) is 21.7. The zero-order chi connectivity index (χ0) is 26.9. The van der Waals surface area contributed by atoms with Gasteiger partial charge in [-0.05, 0) is 57.1 Å². The van der Waals surface area contributed by atoms with Crippen molar-refractivity contribution in [3.05, 3.63) is 53.1 Å². The van der Waals surface area contributed by atoms with Gasteiger partial charge in [-0.25, -0.2) is 0 Å². The van der Waals surface area contributed by atoms with Crippen LogP contribution in [-0.4, -0.2) is 71.8 Å². The van der Waals surface area contributed by atoms with Crippen molar-refractivity contribution >= 4 is 35.1 Å². The van der Waals surface area contributed by atoms with E-state index in [0.717, 1.165) is 24.8 Å². The minimum absolute atomic E-state index is 0.0657. The summed E-state index contributed by atoms with van der Waals surface area (Å²) in [7, 11) is 0. The second-order valence-electron chi connectivity index (χ2n) is 10.5. The van der Waals surface area contributed by atoms with Crippen LogP contribution in [0.5, 0.6) is 0 Å². The third kappa shape index (κ3) is 4.56. The number of ether oxygens (including phenoxy) is 2. The lowest BCUT2D eigenvalue weighted by atomic mass is 9.78. The SMILES string of the molecule is Cc1cccc(Cl)c1N1CC=C[C@]23O[C@H]4/C=C\CCCCOC(=O)[C@H]4[C@H]2C(=O)N(CCCCCO)C3C1=O. The van der Waals surface area contributed by atoms with E-state index < -0.39 is 35.6 Å². The van der Waals surface area contributed by atoms with Gasteiger partial charge in [-0.15, -0.1) is 0 Å². The van der Waals surface area contributed by atoms with Crippen LogP contribution in [0.4, 0.5) is 5.69 Å². The van der Waals surface area contributed by atoms with E-state index in [1.165, 1.54) is 0 Å². The van der Waals surface area contributed by atoms with Crippen LogP contribution < -0.4 is 4.90 Å². The number of hydrogen-bond acceptors (Lipinski definition) is 6. The minimum atomic E-state index is -1.30. The maximum atomic E-state index is 14.4. The molecule has 5 atom stereocenters. The number of halogens is 1. The predicted octanol–water partition coefficient (Wildman–Crippen LogP) is 3.58. The van der Waals surface area contributed by atoms with Gasteiger partial charge in [-0.3, -0.25) is 14.4 Å². The summed E-state index contributed by atoms with van der Waals surface area (Å²) in [5.41, 5.74) is 0.147. The van der Waals surface area contributed by atoms with E-state index in [2.05, 4.69) is 0 Å². The van der Waals surface area contributed by atoms with Crippen molar-refractivity contribution in [1.82, 2.24) is 4.90 Å². The van der Waals surface area contributed by atoms with Gasteiger partial charge in [-0.2, -0.15) is 0 Å². The summed E-state index contributed by atoms with van der Waals surface area (Å²) in [5.74, 6) is -2.73. The minimum Gasteiger partial charge on any atom is -0.465 e. The van der Waals surface area contributed by atoms with Crippen molar-refractivity contribution in [3.63, 3.8) is 0 Å². The molecule has 0 radical (unpaired) electrons. The van der Waals surface area contributed by atoms with Gasteiger partial charge in [0, 0.05) is 19.7 Å². The molecule has 2 amide bonds. The lowest BCUT2D eigenvalue weighted by Gasteiger charge is -2.36. The molecule has 1 N–H and O–H groups in total. The van der Waals surface area contributed by atoms with E-state index in [-0.39, 0.29) is 25.0 Å². The third-order valence-corrected chi connectivity index (χ3v) is 8.42. The molecular formula is C29H35ClN2O6. The lowest BCUT2D eigenvalue weighted by molar-refractivity contribution is -0.154. The molecule has 204 valence electrons. The highest BCUT2D eigenvalue weighted by Gasteiger charge is 2.71. The highest BCUT2D eigenvalue weighted by Crippen LogP contribution is 2.53. The average Bonchev–Trinajstić information content (AvgIpc) is 3.27. The number of anilines is 1. The van der Waals surface area contributed by atoms with Crippen LogP contribution in [0.1, 0.15) is 44.1 Å². The van der Waals surface area contributed by atoms with Crippen molar-refractivity contribution in [2.75, 3.05) is 31.2 Å². The number of aliphatic hydroxyl groups is 1. The summed E-state index contributed by atoms with van der Waals surface area (Å²) in [4.78, 5) is 45.1. The van der Waals surface area contributed by atoms with E-state index in [1.807, 2.05) is 43.4 Å². The summed E-state index contributed by atoms with van der Waals surface area (Å²) in [5, 5.41) is 9.68. The molecule has 0 aliphatic carbocycles. The number of fused-ring (bicyclic) bond motifs is 2. The number of nitrogens with zero attached hydrogens (tertiary/aromatic N) is 2. The number of para-hydroxylation sites is 1. The van der Waals surface area contributed by atoms with E-state index in [1.54, 1.807) is 15.9 Å². The Morgan fingerprint density at radius 2 is 1.95 bits per heavy atom. The van der Waals surface area contributed by atoms with Crippen molar-refractivity contribution < 1.29 is 29.0 Å². The average molecular weight is 543 g/mol. The van der Waals surface area contributed by atoms with Crippen molar-refractivity contribution in [2.24, 2.45) is 11.8 Å². The fraction of sp³-hybridized carbons (Fsp3) is 0.552. The van der Waals surface area contributed by atoms with Crippen molar-refractivity contribution in [2.45, 2.75) is 63.2 Å². The van der Waals surface area contributed by atoms with Crippen LogP contribution in [0.3, 0.4) is 0 Å². The van der Waals surface area contributed by atoms with Crippen molar-refractivity contribution in [3.8, 4) is 0 Å². The topological polar surface area (TPSA) is 96.4 Å². The molecule has 4 heterocycles. The summed E-state index contributed by atoms with van der Waals surface area (Å²) in [6.07, 6.45) is 11.3. The first-order valence-corrected chi connectivity index (χ1v) is 13.9. The van der Waals surface area contributed by atoms with Gasteiger partial charge in [-0.1, -0.05) is 48.0 Å². The molecule has 8 nitrogen and oxygen atoms in total. The third-order valence-electron chi connectivity index (χ3n) is 8.12. The lowest BCUT2D eigenvalue weighted by Crippen LogP contribution is -2.55. The summed E-state index contributed by atoms with van der Waals surface area (Å²) < 4.78 is 12.3. The van der Waals surface area contributed by atoms with Gasteiger partial charge >= 0.3 is 5.97 Å². The molecule has 2 saturated heterocycles. The quantitative estimate of drug-likeness (QED) is 0.335. The zero-order valence-corrected chi connectivity index (χ0v) is 22.4. The molecule has 0 bridgehead atoms. The van der Waals surface area contributed by atoms with Crippen LogP contribution in [0.25, 0.3) is 0 Å². The Hall–Kier alpha value is -2.68. The predicted molar refractivity (Wildman–Crippen MR) is 143 cm³/mol. The number of allylic oxidation sites excluding steroid dienone is 1. The number of hydrogen-bond donors (Lipinski definition) is 1. The van der Waals surface area contributed by atoms with Gasteiger partial charge < -0.3 is 24.4 Å². The van der Waals surface area contributed by atoms with E-state index in [4.69, 9.17) is 21.1 Å². The number of benzene rings is 1. The summed E-state index contributed by atoms with van der Waals surface area (Å²) >= 11 is 6.58. The molecule has 1 aromatic rings. The molecule has 1 spiro atoms. The van der Waals surface area contributed by atoms with Crippen LogP contribution in [0, 0.1) is 18.8 Å². The van der Waals surface area contributed by atoms with Gasteiger partial charge in [0.25, 0.3) is 5.91 Å². The van der Waals surface area contributed by atoms with Crippen LogP contribution in [0.15, 0.2) is 42.5 Å². The smallest absolute Gasteiger partial charge is 0.312 e. The number of aliphatic hydroxyl groups excluding tert-OH is 1. The molecule has 38 heavy (non-hydrogen) atoms. The van der Waals surface area contributed by atoms with Gasteiger partial charge in [0.2, 0.25) is 5.91 Å². The maximum absolute atomic E-state index is 14.4. The number of aryl methyl sites for hydroxylation is 1. The second kappa shape index (κ2) is 11.2. The Kier molecular flexibility index (Phi) is 7.93. The molecule has 5 rings (SSSR count). The van der Waals surface area contributed by atoms with Gasteiger partial charge in [0.05, 0.1) is 29.3 Å². The first kappa shape index (κ1) is 26.9. The fourth-order valence-corrected chi connectivity index (χ4v) is 6.72. The van der Waals surface area contributed by atoms with Crippen molar-refractivity contribution in [1.29, 1.82) is 0 Å². The molecule has 4 aliphatic heterocycles. The van der Waals surface area contributed by atoms with Crippen LogP contribution >= 0.6 is 11.6 Å². The van der Waals surface area contributed by atoms with E-state index in [9.17, 15) is 19.5 Å². The molecule has 0 saturated carbocycles. The molecule has 0 aromatic heterocycles. The number of unbranched alkanes of at least 4 members (excludes halogenated alkanes) is 2. The Bertz CT molecular complexity index is 1130. The summed E-state index contributed by atoms with van der Waals surface area (Å²) in [6.45, 7) is 2.85. The molecule has 2 fully saturated rings. The van der Waals surface area contributed by atoms with Gasteiger partial charge in [0.1, 0.15) is 17.6 Å². The fourth-order valence-electron chi connectivity index (χ4n) is 6.39. The Balaban J connectivity index is 1.59. The van der Waals surface area contributed by atoms with Crippen LogP contribution in [0.2, 0.25) is 5.02 Å². The monoisotopic (exact) mass is 542 g/mol. The standard InChI is InChI=1S/C29H35ClN2O6/c1-19-11-9-12-20(30)24(19)31-16-10-14-29-23(22-21(38-29)13-5-2-3-8-18-37-28(22)36)26(34)32(25(29)27(31)35)15-6-4-7-17-33/h5,9-14,21-23,25,33H,2-4,6-8,15-18H2,1H3/b13-5-/t21-,22+,23-,25?,29-/m0/s1. The number of carbonyl (C=O) groups is 3. The van der Waals surface area contributed by atoms with Crippen LogP contribution in [-0.2, 0) is 23.9 Å². The summed E-state index contributed by atoms with van der Waals surface area (Å²) in [6, 6.07) is 4.52. The Labute approximate surface area is 228 Å². The highest BCUT2D eigenvalue weighted by atomic mass is 35.5. The highest BCUT2D eigenvalue weighted by molar-refractivity contribution is 6.34. The number of carbonyl (C=O) groups excluding carboxylic acids is 3. The molecular weight excluding hydrogens is 508 g/mol. The molecule has 1 aromatic carbocycles. The first-order valence-electron chi connectivity index (χ1n) is 13.6. The number of cyclic esters (lactones) is 1. The Morgan fingerprint density at radius 3 is 2.74 bits per heavy atom. The maximum Gasteiger partial charge on any atom is 0.312 e. The van der Waals surface area contributed by atoms with E-state index >= 15 is 0 Å². The molecule has 1 unspecified atom stereocenters. The van der Waals surface area contributed by atoms with E-state index in [0.29, 0.717) is 43.1 Å². The number of amides is 2. The largest absolute Gasteiger partial charge is 0.465 e. The second-order valence-corrected chi connectivity index (χ2v) is 10.9. The van der Waals surface area contributed by atoms with Gasteiger partial charge in [0.15, 0.2) is 0 Å². The Morgan fingerprint density at radius 1 is 1.11 bits per heavy atom. The first-order chi connectivity index (χ1) is 18.4. The number of rotatable bonds is 6. The number of esters is 1. The normalized spacial score (nSPS) is 31.9. The number of likely N-dealkylation sites (tertiary alicyclic amines) is 1.